The van der Waals surface area contributed by atoms with Crippen LogP contribution in [0.15, 0.2) is 28.9 Å². The summed E-state index contributed by atoms with van der Waals surface area (Å²) >= 11 is 0. The Bertz CT molecular complexity index is 629. The van der Waals surface area contributed by atoms with Gasteiger partial charge < -0.3 is 14.6 Å². The van der Waals surface area contributed by atoms with Crippen molar-refractivity contribution in [3.63, 3.8) is 0 Å². The molecule has 6 heteroatoms. The fraction of sp³-hybridized carbons (Fsp3) is 0.529. The van der Waals surface area contributed by atoms with Gasteiger partial charge in [0.1, 0.15) is 11.6 Å². The van der Waals surface area contributed by atoms with E-state index in [0.29, 0.717) is 0 Å². The van der Waals surface area contributed by atoms with Gasteiger partial charge in [0.05, 0.1) is 18.4 Å². The third kappa shape index (κ3) is 4.53. The molecule has 2 aromatic heterocycles. The Hall–Kier alpha value is -1.92. The maximum Gasteiger partial charge on any atom is 0.133 e. The smallest absolute Gasteiger partial charge is 0.133 e. The zero-order valence-corrected chi connectivity index (χ0v) is 13.8. The number of hydrogen-bond acceptors (Lipinski definition) is 6. The fourth-order valence-corrected chi connectivity index (χ4v) is 2.91. The number of pyridine rings is 1. The van der Waals surface area contributed by atoms with Crippen LogP contribution < -0.4 is 5.32 Å². The number of hydrogen-bond donors (Lipinski definition) is 1. The zero-order chi connectivity index (χ0) is 16.1. The van der Waals surface area contributed by atoms with Crippen LogP contribution in [0, 0.1) is 6.92 Å². The molecule has 1 aliphatic rings. The van der Waals surface area contributed by atoms with E-state index in [1.807, 2.05) is 26.2 Å². The minimum absolute atomic E-state index is 0.267. The van der Waals surface area contributed by atoms with Gasteiger partial charge >= 0.3 is 0 Å². The van der Waals surface area contributed by atoms with Gasteiger partial charge in [-0.2, -0.15) is 0 Å². The van der Waals surface area contributed by atoms with Gasteiger partial charge in [-0.15, -0.1) is 0 Å². The number of aryl methyl sites for hydroxylation is 2. The van der Waals surface area contributed by atoms with E-state index >= 15 is 0 Å². The number of morpholine rings is 1. The second-order valence-electron chi connectivity index (χ2n) is 5.99. The van der Waals surface area contributed by atoms with E-state index in [-0.39, 0.29) is 6.10 Å². The Morgan fingerprint density at radius 3 is 3.09 bits per heavy atom. The van der Waals surface area contributed by atoms with Gasteiger partial charge in [-0.1, -0.05) is 5.16 Å². The Morgan fingerprint density at radius 1 is 1.39 bits per heavy atom. The van der Waals surface area contributed by atoms with Crippen molar-refractivity contribution in [2.45, 2.75) is 32.4 Å². The average molecular weight is 316 g/mol. The third-order valence-corrected chi connectivity index (χ3v) is 4.12. The Balaban J connectivity index is 1.50. The molecule has 0 saturated carbocycles. The van der Waals surface area contributed by atoms with Crippen molar-refractivity contribution in [1.29, 1.82) is 0 Å². The molecule has 1 N–H and O–H groups in total. The van der Waals surface area contributed by atoms with Crippen LogP contribution in [0.5, 0.6) is 0 Å². The zero-order valence-electron chi connectivity index (χ0n) is 13.8. The van der Waals surface area contributed by atoms with Gasteiger partial charge in [-0.25, -0.2) is 4.98 Å². The van der Waals surface area contributed by atoms with Gasteiger partial charge in [0.2, 0.25) is 0 Å². The van der Waals surface area contributed by atoms with Gasteiger partial charge in [0, 0.05) is 38.9 Å². The highest BCUT2D eigenvalue weighted by Gasteiger charge is 2.21. The van der Waals surface area contributed by atoms with Crippen molar-refractivity contribution in [2.24, 2.45) is 0 Å². The molecule has 1 atom stereocenters. The van der Waals surface area contributed by atoms with Crippen LogP contribution in [0.3, 0.4) is 0 Å². The molecule has 0 amide bonds. The predicted molar refractivity (Wildman–Crippen MR) is 88.4 cm³/mol. The van der Waals surface area contributed by atoms with Crippen LogP contribution in [0.4, 0.5) is 5.82 Å². The average Bonchev–Trinajstić information content (AvgIpc) is 2.98. The van der Waals surface area contributed by atoms with Crippen LogP contribution in [0.2, 0.25) is 0 Å². The van der Waals surface area contributed by atoms with E-state index in [4.69, 9.17) is 9.26 Å². The fourth-order valence-electron chi connectivity index (χ4n) is 2.91. The molecule has 3 heterocycles. The predicted octanol–water partition coefficient (Wildman–Crippen LogP) is 2.25. The number of aromatic nitrogens is 2. The molecule has 0 bridgehead atoms. The molecule has 3 rings (SSSR count). The monoisotopic (exact) mass is 316 g/mol. The number of anilines is 1. The summed E-state index contributed by atoms with van der Waals surface area (Å²) in [6.45, 7) is 5.42. The van der Waals surface area contributed by atoms with Gasteiger partial charge in [-0.3, -0.25) is 4.90 Å². The molecule has 1 saturated heterocycles. The van der Waals surface area contributed by atoms with Crippen LogP contribution in [0.25, 0.3) is 0 Å². The van der Waals surface area contributed by atoms with Crippen molar-refractivity contribution in [3.8, 4) is 0 Å². The van der Waals surface area contributed by atoms with Crippen molar-refractivity contribution < 1.29 is 9.26 Å². The highest BCUT2D eigenvalue weighted by atomic mass is 16.5. The summed E-state index contributed by atoms with van der Waals surface area (Å²) in [4.78, 5) is 6.63. The first kappa shape index (κ1) is 16.0. The van der Waals surface area contributed by atoms with Crippen LogP contribution in [-0.2, 0) is 17.7 Å². The number of rotatable bonds is 6. The van der Waals surface area contributed by atoms with Gasteiger partial charge in [0.15, 0.2) is 0 Å². The molecule has 0 spiro atoms. The molecule has 2 aromatic rings. The van der Waals surface area contributed by atoms with Crippen molar-refractivity contribution >= 4 is 5.82 Å². The Kier molecular flexibility index (Phi) is 5.25. The Morgan fingerprint density at radius 2 is 2.30 bits per heavy atom. The van der Waals surface area contributed by atoms with Crippen molar-refractivity contribution in [3.05, 3.63) is 41.4 Å². The number of ether oxygens (including phenoxy) is 1. The Labute approximate surface area is 136 Å². The minimum Gasteiger partial charge on any atom is -0.376 e. The van der Waals surface area contributed by atoms with Gasteiger partial charge in [0.25, 0.3) is 0 Å². The molecule has 1 aliphatic heterocycles. The lowest BCUT2D eigenvalue weighted by Gasteiger charge is -2.32. The summed E-state index contributed by atoms with van der Waals surface area (Å²) < 4.78 is 11.1. The summed E-state index contributed by atoms with van der Waals surface area (Å²) in [5.41, 5.74) is 2.29. The maximum absolute atomic E-state index is 5.91. The van der Waals surface area contributed by atoms with Crippen molar-refractivity contribution in [2.75, 3.05) is 32.1 Å². The summed E-state index contributed by atoms with van der Waals surface area (Å²) in [6, 6.07) is 6.17. The van der Waals surface area contributed by atoms with E-state index in [1.54, 1.807) is 0 Å². The molecule has 124 valence electrons. The lowest BCUT2D eigenvalue weighted by atomic mass is 10.1. The summed E-state index contributed by atoms with van der Waals surface area (Å²) in [6.07, 6.45) is 4.13. The highest BCUT2D eigenvalue weighted by Crippen LogP contribution is 2.16. The van der Waals surface area contributed by atoms with Crippen LogP contribution in [-0.4, -0.2) is 47.9 Å². The summed E-state index contributed by atoms with van der Waals surface area (Å²) in [5.74, 6) is 1.78. The lowest BCUT2D eigenvalue weighted by Crippen LogP contribution is -2.42. The topological polar surface area (TPSA) is 63.4 Å². The third-order valence-electron chi connectivity index (χ3n) is 4.12. The second kappa shape index (κ2) is 7.57. The molecular formula is C17H24N4O2. The first-order valence-corrected chi connectivity index (χ1v) is 8.12. The first-order valence-electron chi connectivity index (χ1n) is 8.12. The molecule has 0 unspecified atom stereocenters. The van der Waals surface area contributed by atoms with E-state index in [1.165, 1.54) is 5.56 Å². The largest absolute Gasteiger partial charge is 0.376 e. The molecule has 6 nitrogen and oxygen atoms in total. The molecule has 0 aliphatic carbocycles. The number of nitrogens with zero attached hydrogens (tertiary/aromatic N) is 3. The van der Waals surface area contributed by atoms with Crippen LogP contribution >= 0.6 is 0 Å². The van der Waals surface area contributed by atoms with E-state index in [9.17, 15) is 0 Å². The normalized spacial score (nSPS) is 19.0. The van der Waals surface area contributed by atoms with Gasteiger partial charge in [-0.05, 0) is 37.5 Å². The summed E-state index contributed by atoms with van der Waals surface area (Å²) in [5, 5.41) is 7.15. The summed E-state index contributed by atoms with van der Waals surface area (Å²) in [7, 11) is 1.89. The lowest BCUT2D eigenvalue weighted by molar-refractivity contribution is -0.0351. The molecule has 0 radical (unpaired) electrons. The quantitative estimate of drug-likeness (QED) is 0.882. The maximum atomic E-state index is 5.91. The molecule has 23 heavy (non-hydrogen) atoms. The standard InChI is InChI=1S/C17H24N4O2/c1-13-9-15(20-23-13)11-21-7-8-22-16(12-21)4-3-14-5-6-19-17(10-14)18-2/h5-6,9-10,16H,3-4,7-8,11-12H2,1-2H3,(H,18,19)/t16-/m1/s1. The minimum atomic E-state index is 0.267. The molecular weight excluding hydrogens is 292 g/mol. The molecule has 0 aromatic carbocycles. The molecule has 1 fully saturated rings. The number of nitrogens with one attached hydrogen (secondary N) is 1. The van der Waals surface area contributed by atoms with Crippen molar-refractivity contribution in [1.82, 2.24) is 15.0 Å². The second-order valence-corrected chi connectivity index (χ2v) is 5.99. The van der Waals surface area contributed by atoms with E-state index < -0.39 is 0 Å². The van der Waals surface area contributed by atoms with Crippen LogP contribution in [0.1, 0.15) is 23.4 Å². The van der Waals surface area contributed by atoms with E-state index in [2.05, 4.69) is 32.5 Å². The first-order chi connectivity index (χ1) is 11.2. The SMILES string of the molecule is CNc1cc(CC[C@@H]2CN(Cc3cc(C)on3)CCO2)ccn1. The van der Waals surface area contributed by atoms with E-state index in [0.717, 1.165) is 56.4 Å². The highest BCUT2D eigenvalue weighted by molar-refractivity contribution is 5.36.